The van der Waals surface area contributed by atoms with Gasteiger partial charge in [0.05, 0.1) is 24.7 Å². The van der Waals surface area contributed by atoms with Gasteiger partial charge in [-0.05, 0) is 73.3 Å². The van der Waals surface area contributed by atoms with Crippen LogP contribution in [0.15, 0.2) is 54.3 Å². The molecule has 9 nitrogen and oxygen atoms in total. The molecule has 1 aromatic carbocycles. The smallest absolute Gasteiger partial charge is 0.219 e. The first-order valence-corrected chi connectivity index (χ1v) is 13.7. The van der Waals surface area contributed by atoms with Gasteiger partial charge in [0.15, 0.2) is 11.6 Å². The van der Waals surface area contributed by atoms with E-state index in [9.17, 15) is 0 Å². The van der Waals surface area contributed by atoms with Crippen molar-refractivity contribution in [2.75, 3.05) is 50.1 Å². The fourth-order valence-corrected chi connectivity index (χ4v) is 4.72. The van der Waals surface area contributed by atoms with Crippen LogP contribution in [-0.4, -0.2) is 56.1 Å². The minimum absolute atomic E-state index is 0.352. The normalized spacial score (nSPS) is 14.6. The van der Waals surface area contributed by atoms with Gasteiger partial charge in [-0.1, -0.05) is 20.4 Å². The molecule has 1 atom stereocenters. The van der Waals surface area contributed by atoms with E-state index in [-0.39, 0.29) is 0 Å². The van der Waals surface area contributed by atoms with E-state index < -0.39 is 0 Å². The number of rotatable bonds is 10. The molecular weight excluding hydrogens is 502 g/mol. The molecule has 212 valence electrons. The van der Waals surface area contributed by atoms with Crippen LogP contribution >= 0.6 is 0 Å². The van der Waals surface area contributed by atoms with E-state index >= 15 is 0 Å². The Balaban J connectivity index is 1.59. The van der Waals surface area contributed by atoms with Gasteiger partial charge in [-0.3, -0.25) is 0 Å². The third-order valence-electron chi connectivity index (χ3n) is 7.35. The molecule has 4 rings (SSSR count). The maximum absolute atomic E-state index is 6.50. The Labute approximate surface area is 237 Å². The number of nitrogens with two attached hydrogens (primary N) is 1. The first-order chi connectivity index (χ1) is 19.2. The number of piperazine rings is 1. The lowest BCUT2D eigenvalue weighted by Crippen LogP contribution is -2.44. The molecule has 1 fully saturated rings. The van der Waals surface area contributed by atoms with E-state index in [1.807, 2.05) is 62.3 Å². The van der Waals surface area contributed by atoms with Crippen molar-refractivity contribution in [1.82, 2.24) is 15.3 Å². The van der Waals surface area contributed by atoms with E-state index in [2.05, 4.69) is 35.6 Å². The third-order valence-corrected chi connectivity index (χ3v) is 7.35. The number of hydrogen-bond donors (Lipinski definition) is 2. The molecule has 1 aliphatic rings. The number of aliphatic imine (C=N–C) groups is 1. The van der Waals surface area contributed by atoms with Gasteiger partial charge in [-0.15, -0.1) is 0 Å². The third kappa shape index (κ3) is 6.37. The number of ether oxygens (including phenoxy) is 2. The first kappa shape index (κ1) is 28.9. The number of aromatic nitrogens is 2. The molecule has 0 spiro atoms. The molecule has 1 unspecified atom stereocenters. The van der Waals surface area contributed by atoms with Crippen molar-refractivity contribution in [2.24, 2.45) is 10.7 Å². The van der Waals surface area contributed by atoms with Crippen LogP contribution in [0.25, 0.3) is 0 Å². The second-order valence-corrected chi connectivity index (χ2v) is 10.1. The zero-order chi connectivity index (χ0) is 28.8. The molecule has 0 aliphatic carbocycles. The molecule has 0 saturated carbocycles. The van der Waals surface area contributed by atoms with Gasteiger partial charge in [0.1, 0.15) is 17.3 Å². The Morgan fingerprint density at radius 3 is 2.60 bits per heavy atom. The largest absolute Gasteiger partial charge is 0.493 e. The number of amidine groups is 1. The molecule has 9 heteroatoms. The molecule has 0 amide bonds. The number of pyridine rings is 2. The number of hydrogen-bond acceptors (Lipinski definition) is 8. The van der Waals surface area contributed by atoms with Gasteiger partial charge in [0.2, 0.25) is 5.88 Å². The highest BCUT2D eigenvalue weighted by Crippen LogP contribution is 2.34. The lowest BCUT2D eigenvalue weighted by atomic mass is 9.97. The summed E-state index contributed by atoms with van der Waals surface area (Å²) in [4.78, 5) is 18.3. The quantitative estimate of drug-likeness (QED) is 0.258. The van der Waals surface area contributed by atoms with Crippen LogP contribution in [0.4, 0.5) is 17.2 Å². The Hall–Kier alpha value is -4.11. The zero-order valence-electron chi connectivity index (χ0n) is 24.5. The van der Waals surface area contributed by atoms with E-state index in [4.69, 9.17) is 25.2 Å². The van der Waals surface area contributed by atoms with Crippen LogP contribution in [-0.2, 0) is 0 Å². The standard InChI is InChI=1S/C31H41N7O2/c1-8-20(3)24-18-28(34-19-25(24)37(6)9-2)40-26-11-10-23(16-21(26)4)35-30(32)29-22(5)17-27(39-7)31(36-29)38-14-12-33-13-15-38/h9-11,16-20,33H,2,8,12-15H2,1,3-7H3,(H2,32,35). The highest BCUT2D eigenvalue weighted by Gasteiger charge is 2.20. The summed E-state index contributed by atoms with van der Waals surface area (Å²) >= 11 is 0. The van der Waals surface area contributed by atoms with Crippen molar-refractivity contribution >= 4 is 23.0 Å². The molecule has 3 aromatic rings. The van der Waals surface area contributed by atoms with Crippen molar-refractivity contribution in [2.45, 2.75) is 40.0 Å². The molecule has 3 N–H and O–H groups in total. The molecule has 0 radical (unpaired) electrons. The number of methoxy groups -OCH3 is 1. The summed E-state index contributed by atoms with van der Waals surface area (Å²) in [7, 11) is 3.64. The van der Waals surface area contributed by atoms with E-state index in [0.717, 1.165) is 66.7 Å². The summed E-state index contributed by atoms with van der Waals surface area (Å²) in [6.07, 6.45) is 4.63. The summed E-state index contributed by atoms with van der Waals surface area (Å²) < 4.78 is 11.8. The second kappa shape index (κ2) is 12.8. The van der Waals surface area contributed by atoms with Gasteiger partial charge in [-0.2, -0.15) is 0 Å². The maximum atomic E-state index is 6.50. The lowest BCUT2D eigenvalue weighted by molar-refractivity contribution is 0.410. The second-order valence-electron chi connectivity index (χ2n) is 10.1. The van der Waals surface area contributed by atoms with Crippen molar-refractivity contribution in [3.8, 4) is 17.4 Å². The summed E-state index contributed by atoms with van der Waals surface area (Å²) in [6.45, 7) is 15.7. The predicted molar refractivity (Wildman–Crippen MR) is 164 cm³/mol. The van der Waals surface area contributed by atoms with Crippen LogP contribution in [0.5, 0.6) is 17.4 Å². The van der Waals surface area contributed by atoms with Gasteiger partial charge >= 0.3 is 0 Å². The van der Waals surface area contributed by atoms with Crippen molar-refractivity contribution in [1.29, 1.82) is 0 Å². The number of nitrogens with one attached hydrogen (secondary N) is 1. The fourth-order valence-electron chi connectivity index (χ4n) is 4.72. The average molecular weight is 544 g/mol. The molecule has 40 heavy (non-hydrogen) atoms. The average Bonchev–Trinajstić information content (AvgIpc) is 2.97. The number of aryl methyl sites for hydroxylation is 2. The minimum atomic E-state index is 0.352. The van der Waals surface area contributed by atoms with Gasteiger partial charge < -0.3 is 30.3 Å². The van der Waals surface area contributed by atoms with Gasteiger partial charge in [0, 0.05) is 39.3 Å². The molecule has 2 aromatic heterocycles. The highest BCUT2D eigenvalue weighted by atomic mass is 16.5. The molecule has 3 heterocycles. The Bertz CT molecular complexity index is 1380. The van der Waals surface area contributed by atoms with Crippen molar-refractivity contribution in [3.63, 3.8) is 0 Å². The molecule has 1 aliphatic heterocycles. The van der Waals surface area contributed by atoms with Crippen LogP contribution in [0.1, 0.15) is 48.6 Å². The van der Waals surface area contributed by atoms with E-state index in [1.165, 1.54) is 5.56 Å². The SMILES string of the molecule is C=CN(C)c1cnc(Oc2ccc(N=C(N)c3nc(N4CCNCC4)c(OC)cc3C)cc2C)cc1C(C)CC. The van der Waals surface area contributed by atoms with Crippen molar-refractivity contribution < 1.29 is 9.47 Å². The number of anilines is 2. The molecule has 0 bridgehead atoms. The van der Waals surface area contributed by atoms with Crippen LogP contribution in [0.3, 0.4) is 0 Å². The van der Waals surface area contributed by atoms with E-state index in [0.29, 0.717) is 29.1 Å². The minimum Gasteiger partial charge on any atom is -0.493 e. The Morgan fingerprint density at radius 1 is 1.20 bits per heavy atom. The summed E-state index contributed by atoms with van der Waals surface area (Å²) in [5.74, 6) is 3.50. The van der Waals surface area contributed by atoms with Gasteiger partial charge in [0.25, 0.3) is 0 Å². The van der Waals surface area contributed by atoms with Crippen LogP contribution in [0.2, 0.25) is 0 Å². The molecular formula is C31H41N7O2. The Morgan fingerprint density at radius 2 is 1.95 bits per heavy atom. The van der Waals surface area contributed by atoms with Crippen molar-refractivity contribution in [3.05, 3.63) is 71.7 Å². The van der Waals surface area contributed by atoms with Crippen LogP contribution in [0, 0.1) is 13.8 Å². The van der Waals surface area contributed by atoms with E-state index in [1.54, 1.807) is 13.3 Å². The number of nitrogens with zero attached hydrogens (tertiary/aromatic N) is 5. The zero-order valence-corrected chi connectivity index (χ0v) is 24.5. The van der Waals surface area contributed by atoms with Gasteiger partial charge in [-0.25, -0.2) is 15.0 Å². The highest BCUT2D eigenvalue weighted by molar-refractivity contribution is 5.99. The monoisotopic (exact) mass is 543 g/mol. The summed E-state index contributed by atoms with van der Waals surface area (Å²) in [5, 5.41) is 3.37. The lowest BCUT2D eigenvalue weighted by Gasteiger charge is -2.30. The maximum Gasteiger partial charge on any atom is 0.219 e. The number of benzene rings is 1. The fraction of sp³-hybridized carbons (Fsp3) is 0.387. The summed E-state index contributed by atoms with van der Waals surface area (Å²) in [5.41, 5.74) is 11.9. The molecule has 1 saturated heterocycles. The first-order valence-electron chi connectivity index (χ1n) is 13.7. The topological polar surface area (TPSA) is 101 Å². The Kier molecular flexibility index (Phi) is 9.26. The summed E-state index contributed by atoms with van der Waals surface area (Å²) in [6, 6.07) is 9.73. The van der Waals surface area contributed by atoms with Crippen LogP contribution < -0.4 is 30.3 Å². The predicted octanol–water partition coefficient (Wildman–Crippen LogP) is 5.43.